The van der Waals surface area contributed by atoms with Gasteiger partial charge < -0.3 is 9.47 Å². The van der Waals surface area contributed by atoms with E-state index in [-0.39, 0.29) is 5.56 Å². The highest BCUT2D eigenvalue weighted by molar-refractivity contribution is 5.59. The van der Waals surface area contributed by atoms with Crippen LogP contribution < -0.4 is 0 Å². The van der Waals surface area contributed by atoms with E-state index in [0.29, 0.717) is 5.56 Å². The van der Waals surface area contributed by atoms with E-state index < -0.39 is 18.2 Å². The summed E-state index contributed by atoms with van der Waals surface area (Å²) in [6.07, 6.45) is -2.92. The molecule has 0 saturated heterocycles. The molecular formula is C11H11F3O2. The van der Waals surface area contributed by atoms with Crippen LogP contribution in [0.3, 0.4) is 0 Å². The minimum absolute atomic E-state index is 0.172. The zero-order valence-electron chi connectivity index (χ0n) is 8.84. The molecule has 0 saturated carbocycles. The van der Waals surface area contributed by atoms with Gasteiger partial charge in [-0.1, -0.05) is 24.3 Å². The molecule has 16 heavy (non-hydrogen) atoms. The summed E-state index contributed by atoms with van der Waals surface area (Å²) in [4.78, 5) is 0. The summed E-state index contributed by atoms with van der Waals surface area (Å²) >= 11 is 0. The average molecular weight is 232 g/mol. The molecule has 0 N–H and O–H groups in total. The summed E-state index contributed by atoms with van der Waals surface area (Å²) in [6.45, 7) is 0. The average Bonchev–Trinajstić information content (AvgIpc) is 2.30. The number of rotatable bonds is 4. The summed E-state index contributed by atoms with van der Waals surface area (Å²) in [5.41, 5.74) is 0.454. The van der Waals surface area contributed by atoms with Crippen molar-refractivity contribution in [3.05, 3.63) is 41.5 Å². The molecule has 0 aliphatic carbocycles. The van der Waals surface area contributed by atoms with Gasteiger partial charge in [-0.25, -0.2) is 4.39 Å². The molecule has 0 radical (unpaired) electrons. The highest BCUT2D eigenvalue weighted by Crippen LogP contribution is 2.24. The van der Waals surface area contributed by atoms with Crippen LogP contribution in [0.15, 0.2) is 30.3 Å². The standard InChI is InChI=1S/C11H11F3O2/c1-15-11(16-2)8-5-3-7(4-6-8)9(12)10(13)14/h3-6,11H,1-2H3. The molecule has 88 valence electrons. The van der Waals surface area contributed by atoms with Crippen LogP contribution in [0.25, 0.3) is 5.83 Å². The van der Waals surface area contributed by atoms with Gasteiger partial charge in [0.1, 0.15) is 0 Å². The molecule has 0 aliphatic heterocycles. The van der Waals surface area contributed by atoms with Crippen molar-refractivity contribution in [2.75, 3.05) is 14.2 Å². The Morgan fingerprint density at radius 3 is 1.88 bits per heavy atom. The SMILES string of the molecule is COC(OC)c1ccc(C(F)=C(F)F)cc1. The maximum Gasteiger partial charge on any atom is 0.306 e. The van der Waals surface area contributed by atoms with Crippen molar-refractivity contribution in [1.82, 2.24) is 0 Å². The van der Waals surface area contributed by atoms with Crippen LogP contribution in [0.5, 0.6) is 0 Å². The summed E-state index contributed by atoms with van der Waals surface area (Å²) in [7, 11) is 2.90. The van der Waals surface area contributed by atoms with Gasteiger partial charge >= 0.3 is 6.08 Å². The second-order valence-corrected chi connectivity index (χ2v) is 3.00. The Balaban J connectivity index is 2.95. The maximum atomic E-state index is 12.8. The molecule has 2 nitrogen and oxygen atoms in total. The summed E-state index contributed by atoms with van der Waals surface area (Å²) in [5, 5.41) is 0. The zero-order valence-corrected chi connectivity index (χ0v) is 8.84. The Bertz CT molecular complexity index is 365. The van der Waals surface area contributed by atoms with Crippen LogP contribution in [-0.2, 0) is 9.47 Å². The van der Waals surface area contributed by atoms with Crippen LogP contribution in [0.1, 0.15) is 17.4 Å². The van der Waals surface area contributed by atoms with Gasteiger partial charge in [-0.15, -0.1) is 0 Å². The summed E-state index contributed by atoms with van der Waals surface area (Å²) in [5.74, 6) is -1.52. The molecule has 1 aromatic carbocycles. The van der Waals surface area contributed by atoms with Crippen molar-refractivity contribution < 1.29 is 22.6 Å². The Morgan fingerprint density at radius 2 is 1.50 bits per heavy atom. The Hall–Kier alpha value is -1.33. The van der Waals surface area contributed by atoms with E-state index in [2.05, 4.69) is 0 Å². The van der Waals surface area contributed by atoms with E-state index in [0.717, 1.165) is 0 Å². The predicted molar refractivity (Wildman–Crippen MR) is 53.4 cm³/mol. The number of benzene rings is 1. The number of halogens is 3. The first-order valence-electron chi connectivity index (χ1n) is 4.46. The lowest BCUT2D eigenvalue weighted by atomic mass is 10.1. The Kier molecular flexibility index (Phi) is 4.52. The lowest BCUT2D eigenvalue weighted by molar-refractivity contribution is -0.106. The van der Waals surface area contributed by atoms with Crippen molar-refractivity contribution in [2.24, 2.45) is 0 Å². The molecule has 0 unspecified atom stereocenters. The van der Waals surface area contributed by atoms with E-state index in [9.17, 15) is 13.2 Å². The molecule has 0 amide bonds. The Morgan fingerprint density at radius 1 is 1.00 bits per heavy atom. The lowest BCUT2D eigenvalue weighted by Gasteiger charge is -2.13. The maximum absolute atomic E-state index is 12.8. The fourth-order valence-corrected chi connectivity index (χ4v) is 1.26. The number of ether oxygens (including phenoxy) is 2. The zero-order chi connectivity index (χ0) is 12.1. The third-order valence-corrected chi connectivity index (χ3v) is 2.03. The molecule has 0 aliphatic rings. The number of hydrogen-bond acceptors (Lipinski definition) is 2. The van der Waals surface area contributed by atoms with Gasteiger partial charge in [0.25, 0.3) is 0 Å². The molecule has 0 fully saturated rings. The van der Waals surface area contributed by atoms with Crippen LogP contribution in [0, 0.1) is 0 Å². The van der Waals surface area contributed by atoms with Gasteiger partial charge in [0.05, 0.1) is 0 Å². The van der Waals surface area contributed by atoms with Crippen molar-refractivity contribution in [2.45, 2.75) is 6.29 Å². The van der Waals surface area contributed by atoms with E-state index in [1.165, 1.54) is 38.5 Å². The van der Waals surface area contributed by atoms with Gasteiger partial charge in [-0.3, -0.25) is 0 Å². The van der Waals surface area contributed by atoms with E-state index >= 15 is 0 Å². The molecule has 5 heteroatoms. The Labute approximate surface area is 91.3 Å². The van der Waals surface area contributed by atoms with Gasteiger partial charge in [-0.2, -0.15) is 8.78 Å². The third kappa shape index (κ3) is 2.84. The monoisotopic (exact) mass is 232 g/mol. The smallest absolute Gasteiger partial charge is 0.306 e. The highest BCUT2D eigenvalue weighted by Gasteiger charge is 2.11. The minimum atomic E-state index is -2.33. The van der Waals surface area contributed by atoms with Crippen molar-refractivity contribution in [3.8, 4) is 0 Å². The van der Waals surface area contributed by atoms with Crippen molar-refractivity contribution in [1.29, 1.82) is 0 Å². The molecule has 0 bridgehead atoms. The van der Waals surface area contributed by atoms with E-state index in [1.54, 1.807) is 0 Å². The number of hydrogen-bond donors (Lipinski definition) is 0. The predicted octanol–water partition coefficient (Wildman–Crippen LogP) is 3.51. The quantitative estimate of drug-likeness (QED) is 0.739. The third-order valence-electron chi connectivity index (χ3n) is 2.03. The molecule has 0 aromatic heterocycles. The molecular weight excluding hydrogens is 221 g/mol. The molecule has 1 rings (SSSR count). The van der Waals surface area contributed by atoms with Gasteiger partial charge in [0, 0.05) is 25.3 Å². The lowest BCUT2D eigenvalue weighted by Crippen LogP contribution is -2.03. The first-order chi connectivity index (χ1) is 7.60. The second kappa shape index (κ2) is 5.67. The highest BCUT2D eigenvalue weighted by atomic mass is 19.3. The molecule has 1 aromatic rings. The van der Waals surface area contributed by atoms with Gasteiger partial charge in [-0.05, 0) is 0 Å². The fourth-order valence-electron chi connectivity index (χ4n) is 1.26. The summed E-state index contributed by atoms with van der Waals surface area (Å²) in [6, 6.07) is 5.43. The van der Waals surface area contributed by atoms with Crippen LogP contribution in [-0.4, -0.2) is 14.2 Å². The molecule has 0 spiro atoms. The van der Waals surface area contributed by atoms with E-state index in [4.69, 9.17) is 9.47 Å². The van der Waals surface area contributed by atoms with E-state index in [1.807, 2.05) is 0 Å². The normalized spacial score (nSPS) is 10.6. The first kappa shape index (κ1) is 12.7. The van der Waals surface area contributed by atoms with Crippen molar-refractivity contribution >= 4 is 5.83 Å². The summed E-state index contributed by atoms with van der Waals surface area (Å²) < 4.78 is 46.7. The second-order valence-electron chi connectivity index (χ2n) is 3.00. The van der Waals surface area contributed by atoms with Crippen LogP contribution in [0.2, 0.25) is 0 Å². The largest absolute Gasteiger partial charge is 0.352 e. The van der Waals surface area contributed by atoms with Crippen molar-refractivity contribution in [3.63, 3.8) is 0 Å². The fraction of sp³-hybridized carbons (Fsp3) is 0.273. The number of methoxy groups -OCH3 is 2. The van der Waals surface area contributed by atoms with Crippen LogP contribution in [0.4, 0.5) is 13.2 Å². The molecule has 0 atom stereocenters. The minimum Gasteiger partial charge on any atom is -0.352 e. The van der Waals surface area contributed by atoms with Crippen LogP contribution >= 0.6 is 0 Å². The topological polar surface area (TPSA) is 18.5 Å². The van der Waals surface area contributed by atoms with Gasteiger partial charge in [0.15, 0.2) is 12.1 Å². The first-order valence-corrected chi connectivity index (χ1v) is 4.46. The van der Waals surface area contributed by atoms with Gasteiger partial charge in [0.2, 0.25) is 0 Å². The molecule has 0 heterocycles.